The summed E-state index contributed by atoms with van der Waals surface area (Å²) < 4.78 is 28.1. The van der Waals surface area contributed by atoms with E-state index in [-0.39, 0.29) is 6.04 Å². The summed E-state index contributed by atoms with van der Waals surface area (Å²) in [6, 6.07) is 21.3. The lowest BCUT2D eigenvalue weighted by Gasteiger charge is -2.30. The van der Waals surface area contributed by atoms with Crippen molar-refractivity contribution < 1.29 is 8.42 Å². The Morgan fingerprint density at radius 3 is 2.42 bits per heavy atom. The molecular formula is C22H21NO2S. The molecule has 0 aromatic heterocycles. The van der Waals surface area contributed by atoms with Gasteiger partial charge in [-0.15, -0.1) is 0 Å². The molecule has 3 nitrogen and oxygen atoms in total. The minimum atomic E-state index is -3.50. The number of hydrogen-bond acceptors (Lipinski definition) is 2. The minimum Gasteiger partial charge on any atom is -0.207 e. The van der Waals surface area contributed by atoms with Gasteiger partial charge in [-0.1, -0.05) is 71.8 Å². The highest BCUT2D eigenvalue weighted by Crippen LogP contribution is 2.32. The van der Waals surface area contributed by atoms with Crippen molar-refractivity contribution >= 4 is 26.9 Å². The van der Waals surface area contributed by atoms with Crippen LogP contribution in [0.1, 0.15) is 24.0 Å². The maximum atomic E-state index is 12.6. The lowest BCUT2D eigenvalue weighted by molar-refractivity contribution is 0.499. The molecule has 132 valence electrons. The SMILES string of the molecule is Cc1ccc(S(=O)(=O)NC2CC/C2=C\c2cccc3ccccc23)cc1. The maximum Gasteiger partial charge on any atom is 0.241 e. The molecule has 3 aromatic rings. The van der Waals surface area contributed by atoms with Crippen LogP contribution in [0.3, 0.4) is 0 Å². The molecule has 0 spiro atoms. The van der Waals surface area contributed by atoms with E-state index in [1.54, 1.807) is 12.1 Å². The molecule has 4 heteroatoms. The first-order valence-corrected chi connectivity index (χ1v) is 10.3. The second-order valence-corrected chi connectivity index (χ2v) is 8.53. The average Bonchev–Trinajstić information content (AvgIpc) is 2.64. The van der Waals surface area contributed by atoms with E-state index in [0.29, 0.717) is 4.90 Å². The molecule has 0 bridgehead atoms. The third-order valence-corrected chi connectivity index (χ3v) is 6.45. The van der Waals surface area contributed by atoms with E-state index in [0.717, 1.165) is 29.5 Å². The van der Waals surface area contributed by atoms with E-state index in [4.69, 9.17) is 0 Å². The summed E-state index contributed by atoms with van der Waals surface area (Å²) in [6.45, 7) is 1.95. The molecule has 1 fully saturated rings. The first-order chi connectivity index (χ1) is 12.5. The Morgan fingerprint density at radius 2 is 1.69 bits per heavy atom. The van der Waals surface area contributed by atoms with Crippen LogP contribution in [0.4, 0.5) is 0 Å². The zero-order valence-corrected chi connectivity index (χ0v) is 15.5. The standard InChI is InChI=1S/C22H21NO2S/c1-16-9-12-20(13-10-16)26(24,25)23-22-14-11-19(22)15-18-7-4-6-17-5-2-3-8-21(17)18/h2-10,12-13,15,22-23H,11,14H2,1H3/b19-15+. The summed E-state index contributed by atoms with van der Waals surface area (Å²) in [5.74, 6) is 0. The van der Waals surface area contributed by atoms with Gasteiger partial charge in [-0.2, -0.15) is 0 Å². The summed E-state index contributed by atoms with van der Waals surface area (Å²) in [4.78, 5) is 0.319. The second-order valence-electron chi connectivity index (χ2n) is 6.81. The molecule has 0 aliphatic heterocycles. The topological polar surface area (TPSA) is 46.2 Å². The molecule has 0 amide bonds. The largest absolute Gasteiger partial charge is 0.241 e. The molecule has 1 aliphatic rings. The molecule has 4 rings (SSSR count). The molecule has 1 N–H and O–H groups in total. The minimum absolute atomic E-state index is 0.125. The quantitative estimate of drug-likeness (QED) is 0.732. The molecular weight excluding hydrogens is 342 g/mol. The predicted molar refractivity (Wildman–Crippen MR) is 106 cm³/mol. The van der Waals surface area contributed by atoms with Crippen LogP contribution < -0.4 is 4.72 Å². The van der Waals surface area contributed by atoms with Gasteiger partial charge in [0.1, 0.15) is 0 Å². The van der Waals surface area contributed by atoms with Crippen molar-refractivity contribution in [3.63, 3.8) is 0 Å². The van der Waals surface area contributed by atoms with Crippen molar-refractivity contribution in [3.05, 3.63) is 83.4 Å². The number of sulfonamides is 1. The zero-order valence-electron chi connectivity index (χ0n) is 14.6. The Hall–Kier alpha value is -2.43. The van der Waals surface area contributed by atoms with Crippen LogP contribution in [0, 0.1) is 6.92 Å². The highest BCUT2D eigenvalue weighted by molar-refractivity contribution is 7.89. The summed E-state index contributed by atoms with van der Waals surface area (Å²) in [5.41, 5.74) is 3.32. The van der Waals surface area contributed by atoms with Crippen molar-refractivity contribution in [1.82, 2.24) is 4.72 Å². The third-order valence-electron chi connectivity index (χ3n) is 4.96. The zero-order chi connectivity index (χ0) is 18.1. The van der Waals surface area contributed by atoms with Crippen LogP contribution in [-0.2, 0) is 10.0 Å². The first kappa shape index (κ1) is 17.0. The lowest BCUT2D eigenvalue weighted by Crippen LogP contribution is -2.41. The number of benzene rings is 3. The fraction of sp³-hybridized carbons (Fsp3) is 0.182. The van der Waals surface area contributed by atoms with Crippen molar-refractivity contribution in [2.24, 2.45) is 0 Å². The van der Waals surface area contributed by atoms with Crippen molar-refractivity contribution in [1.29, 1.82) is 0 Å². The number of hydrogen-bond donors (Lipinski definition) is 1. The Labute approximate surface area is 154 Å². The van der Waals surface area contributed by atoms with Crippen molar-refractivity contribution in [3.8, 4) is 0 Å². The molecule has 1 saturated carbocycles. The van der Waals surface area contributed by atoms with E-state index < -0.39 is 10.0 Å². The van der Waals surface area contributed by atoms with Crippen molar-refractivity contribution in [2.45, 2.75) is 30.7 Å². The van der Waals surface area contributed by atoms with Gasteiger partial charge in [-0.05, 0) is 48.2 Å². The third kappa shape index (κ3) is 3.30. The van der Waals surface area contributed by atoms with Crippen LogP contribution in [0.25, 0.3) is 16.8 Å². The highest BCUT2D eigenvalue weighted by Gasteiger charge is 2.29. The van der Waals surface area contributed by atoms with Crippen LogP contribution in [0.15, 0.2) is 77.2 Å². The van der Waals surface area contributed by atoms with Crippen LogP contribution in [0.2, 0.25) is 0 Å². The Morgan fingerprint density at radius 1 is 0.962 bits per heavy atom. The summed E-state index contributed by atoms with van der Waals surface area (Å²) in [6.07, 6.45) is 3.89. The Bertz CT molecular complexity index is 1080. The van der Waals surface area contributed by atoms with Gasteiger partial charge in [0.2, 0.25) is 10.0 Å². The van der Waals surface area contributed by atoms with E-state index in [1.807, 2.05) is 37.3 Å². The van der Waals surface area contributed by atoms with E-state index in [9.17, 15) is 8.42 Å². The average molecular weight is 363 g/mol. The van der Waals surface area contributed by atoms with Gasteiger partial charge in [0.25, 0.3) is 0 Å². The smallest absolute Gasteiger partial charge is 0.207 e. The van der Waals surface area contributed by atoms with Crippen LogP contribution >= 0.6 is 0 Å². The summed E-state index contributed by atoms with van der Waals surface area (Å²) in [5, 5.41) is 2.38. The second kappa shape index (κ2) is 6.71. The number of aryl methyl sites for hydroxylation is 1. The summed E-state index contributed by atoms with van der Waals surface area (Å²) >= 11 is 0. The molecule has 0 saturated heterocycles. The van der Waals surface area contributed by atoms with E-state index in [1.165, 1.54) is 10.8 Å². The predicted octanol–water partition coefficient (Wildman–Crippen LogP) is 4.67. The number of fused-ring (bicyclic) bond motifs is 1. The molecule has 26 heavy (non-hydrogen) atoms. The Kier molecular flexibility index (Phi) is 4.39. The lowest BCUT2D eigenvalue weighted by atomic mass is 9.85. The molecule has 1 atom stereocenters. The maximum absolute atomic E-state index is 12.6. The molecule has 1 aliphatic carbocycles. The van der Waals surface area contributed by atoms with Gasteiger partial charge in [0.15, 0.2) is 0 Å². The number of rotatable bonds is 4. The molecule has 0 radical (unpaired) electrons. The highest BCUT2D eigenvalue weighted by atomic mass is 32.2. The van der Waals surface area contributed by atoms with Crippen molar-refractivity contribution in [2.75, 3.05) is 0 Å². The van der Waals surface area contributed by atoms with Gasteiger partial charge in [0.05, 0.1) is 4.90 Å². The molecule has 0 heterocycles. The molecule has 3 aromatic carbocycles. The number of nitrogens with one attached hydrogen (secondary N) is 1. The van der Waals surface area contributed by atoms with E-state index >= 15 is 0 Å². The van der Waals surface area contributed by atoms with Gasteiger partial charge in [-0.25, -0.2) is 13.1 Å². The fourth-order valence-electron chi connectivity index (χ4n) is 3.31. The van der Waals surface area contributed by atoms with Gasteiger partial charge in [-0.3, -0.25) is 0 Å². The molecule has 1 unspecified atom stereocenters. The fourth-order valence-corrected chi connectivity index (χ4v) is 4.59. The monoisotopic (exact) mass is 363 g/mol. The van der Waals surface area contributed by atoms with Gasteiger partial charge >= 0.3 is 0 Å². The Balaban J connectivity index is 1.59. The first-order valence-electron chi connectivity index (χ1n) is 8.80. The summed E-state index contributed by atoms with van der Waals surface area (Å²) in [7, 11) is -3.50. The van der Waals surface area contributed by atoms with Crippen LogP contribution in [0.5, 0.6) is 0 Å². The van der Waals surface area contributed by atoms with Crippen LogP contribution in [-0.4, -0.2) is 14.5 Å². The van der Waals surface area contributed by atoms with Gasteiger partial charge < -0.3 is 0 Å². The van der Waals surface area contributed by atoms with Gasteiger partial charge in [0, 0.05) is 6.04 Å². The van der Waals surface area contributed by atoms with E-state index in [2.05, 4.69) is 35.1 Å². The normalized spacial score (nSPS) is 18.8.